The number of anilines is 1. The summed E-state index contributed by atoms with van der Waals surface area (Å²) in [6.45, 7) is 0.925. The van der Waals surface area contributed by atoms with Crippen molar-refractivity contribution < 1.29 is 14.3 Å². The second kappa shape index (κ2) is 7.79. The summed E-state index contributed by atoms with van der Waals surface area (Å²) in [5, 5.41) is 12.4. The highest BCUT2D eigenvalue weighted by Crippen LogP contribution is 2.40. The molecule has 0 atom stereocenters. The number of carbonyl (C=O) groups is 1. The highest BCUT2D eigenvalue weighted by atomic mass is 32.2. The number of carbonyl (C=O) groups excluding carboxylic acids is 1. The van der Waals surface area contributed by atoms with E-state index in [1.807, 2.05) is 18.2 Å². The van der Waals surface area contributed by atoms with Crippen LogP contribution >= 0.6 is 11.8 Å². The number of rotatable bonds is 7. The van der Waals surface area contributed by atoms with Crippen molar-refractivity contribution in [2.45, 2.75) is 30.5 Å². The summed E-state index contributed by atoms with van der Waals surface area (Å²) >= 11 is 1.41. The molecule has 2 heterocycles. The second-order valence-electron chi connectivity index (χ2n) is 7.09. The van der Waals surface area contributed by atoms with Crippen molar-refractivity contribution in [1.82, 2.24) is 14.8 Å². The lowest BCUT2D eigenvalue weighted by Crippen LogP contribution is -2.15. The zero-order valence-corrected chi connectivity index (χ0v) is 16.5. The van der Waals surface area contributed by atoms with Crippen LogP contribution in [0.5, 0.6) is 11.5 Å². The first-order valence-corrected chi connectivity index (χ1v) is 10.5. The Hall–Kier alpha value is -3.00. The summed E-state index contributed by atoms with van der Waals surface area (Å²) in [4.78, 5) is 12.4. The zero-order valence-electron chi connectivity index (χ0n) is 15.7. The molecule has 5 rings (SSSR count). The van der Waals surface area contributed by atoms with Crippen LogP contribution in [0.4, 0.5) is 5.69 Å². The maximum atomic E-state index is 12.4. The molecule has 1 aliphatic carbocycles. The van der Waals surface area contributed by atoms with Gasteiger partial charge in [0.1, 0.15) is 5.82 Å². The monoisotopic (exact) mass is 408 g/mol. The molecule has 1 aliphatic heterocycles. The van der Waals surface area contributed by atoms with Gasteiger partial charge in [0.15, 0.2) is 16.7 Å². The van der Waals surface area contributed by atoms with Crippen LogP contribution in [0.3, 0.4) is 0 Å². The molecule has 29 heavy (non-hydrogen) atoms. The predicted octanol–water partition coefficient (Wildman–Crippen LogP) is 3.66. The third-order valence-electron chi connectivity index (χ3n) is 4.86. The number of nitrogens with zero attached hydrogens (tertiary/aromatic N) is 3. The largest absolute Gasteiger partial charge is 0.454 e. The number of aromatic nitrogens is 3. The van der Waals surface area contributed by atoms with Gasteiger partial charge < -0.3 is 19.4 Å². The minimum absolute atomic E-state index is 0.101. The van der Waals surface area contributed by atoms with Crippen LogP contribution in [0.1, 0.15) is 30.1 Å². The molecule has 1 saturated carbocycles. The fraction of sp³-hybridized carbons (Fsp3) is 0.286. The lowest BCUT2D eigenvalue weighted by Gasteiger charge is -2.10. The fourth-order valence-electron chi connectivity index (χ4n) is 3.27. The van der Waals surface area contributed by atoms with Crippen molar-refractivity contribution in [1.29, 1.82) is 0 Å². The second-order valence-corrected chi connectivity index (χ2v) is 8.03. The summed E-state index contributed by atoms with van der Waals surface area (Å²) in [5.41, 5.74) is 1.88. The third kappa shape index (κ3) is 4.07. The maximum Gasteiger partial charge on any atom is 0.234 e. The van der Waals surface area contributed by atoms with Crippen LogP contribution < -0.4 is 14.8 Å². The van der Waals surface area contributed by atoms with Gasteiger partial charge in [-0.15, -0.1) is 10.2 Å². The van der Waals surface area contributed by atoms with E-state index in [4.69, 9.17) is 9.47 Å². The number of ether oxygens (including phenoxy) is 2. The van der Waals surface area contributed by atoms with Crippen LogP contribution in [-0.4, -0.2) is 33.2 Å². The van der Waals surface area contributed by atoms with E-state index in [0.29, 0.717) is 29.6 Å². The summed E-state index contributed by atoms with van der Waals surface area (Å²) < 4.78 is 12.8. The van der Waals surface area contributed by atoms with Gasteiger partial charge in [0.25, 0.3) is 0 Å². The summed E-state index contributed by atoms with van der Waals surface area (Å²) in [6, 6.07) is 15.6. The van der Waals surface area contributed by atoms with Gasteiger partial charge in [-0.2, -0.15) is 0 Å². The molecular formula is C21H20N4O3S. The first kappa shape index (κ1) is 18.1. The van der Waals surface area contributed by atoms with Crippen molar-refractivity contribution >= 4 is 23.4 Å². The molecule has 3 aromatic rings. The van der Waals surface area contributed by atoms with E-state index in [-0.39, 0.29) is 18.5 Å². The summed E-state index contributed by atoms with van der Waals surface area (Å²) in [7, 11) is 0. The smallest absolute Gasteiger partial charge is 0.234 e. The highest BCUT2D eigenvalue weighted by Gasteiger charge is 2.30. The quantitative estimate of drug-likeness (QED) is 0.601. The molecule has 1 N–H and O–H groups in total. The van der Waals surface area contributed by atoms with E-state index in [1.165, 1.54) is 17.3 Å². The van der Waals surface area contributed by atoms with Crippen molar-refractivity contribution in [3.05, 3.63) is 59.9 Å². The van der Waals surface area contributed by atoms with E-state index in [9.17, 15) is 4.79 Å². The van der Waals surface area contributed by atoms with Crippen LogP contribution in [-0.2, 0) is 11.3 Å². The molecule has 8 heteroatoms. The van der Waals surface area contributed by atoms with Gasteiger partial charge in [-0.05, 0) is 30.5 Å². The van der Waals surface area contributed by atoms with E-state index >= 15 is 0 Å². The lowest BCUT2D eigenvalue weighted by molar-refractivity contribution is -0.113. The first-order valence-electron chi connectivity index (χ1n) is 9.55. The SMILES string of the molecule is O=C(CSc1nnc(C2CC2)n1Cc1ccccc1)Nc1ccc2c(c1)OCO2. The van der Waals surface area contributed by atoms with E-state index in [2.05, 4.69) is 32.2 Å². The van der Waals surface area contributed by atoms with Crippen molar-refractivity contribution in [2.24, 2.45) is 0 Å². The Balaban J connectivity index is 1.26. The molecule has 148 valence electrons. The van der Waals surface area contributed by atoms with Gasteiger partial charge in [-0.1, -0.05) is 42.1 Å². The predicted molar refractivity (Wildman–Crippen MR) is 109 cm³/mol. The summed E-state index contributed by atoms with van der Waals surface area (Å²) in [6.07, 6.45) is 2.31. The fourth-order valence-corrected chi connectivity index (χ4v) is 4.01. The molecular weight excluding hydrogens is 388 g/mol. The van der Waals surface area contributed by atoms with Crippen LogP contribution in [0, 0.1) is 0 Å². The van der Waals surface area contributed by atoms with Crippen molar-refractivity contribution in [3.63, 3.8) is 0 Å². The van der Waals surface area contributed by atoms with Crippen molar-refractivity contribution in [2.75, 3.05) is 17.9 Å². The Bertz CT molecular complexity index is 1030. The number of thioether (sulfide) groups is 1. The Morgan fingerprint density at radius 2 is 1.93 bits per heavy atom. The Morgan fingerprint density at radius 3 is 2.76 bits per heavy atom. The average molecular weight is 408 g/mol. The van der Waals surface area contributed by atoms with Gasteiger partial charge in [0.05, 0.1) is 12.3 Å². The molecule has 0 unspecified atom stereocenters. The number of fused-ring (bicyclic) bond motifs is 1. The molecule has 2 aromatic carbocycles. The van der Waals surface area contributed by atoms with Gasteiger partial charge in [-0.25, -0.2) is 0 Å². The Kier molecular flexibility index (Phi) is 4.85. The van der Waals surface area contributed by atoms with Crippen LogP contribution in [0.25, 0.3) is 0 Å². The van der Waals surface area contributed by atoms with Crippen LogP contribution in [0.2, 0.25) is 0 Å². The molecule has 0 spiro atoms. The maximum absolute atomic E-state index is 12.4. The number of hydrogen-bond donors (Lipinski definition) is 1. The highest BCUT2D eigenvalue weighted by molar-refractivity contribution is 7.99. The lowest BCUT2D eigenvalue weighted by atomic mass is 10.2. The summed E-state index contributed by atoms with van der Waals surface area (Å²) in [5.74, 6) is 3.00. The number of nitrogens with one attached hydrogen (secondary N) is 1. The third-order valence-corrected chi connectivity index (χ3v) is 5.83. The molecule has 1 fully saturated rings. The minimum Gasteiger partial charge on any atom is -0.454 e. The zero-order chi connectivity index (χ0) is 19.6. The average Bonchev–Trinajstić information content (AvgIpc) is 3.34. The number of amides is 1. The number of hydrogen-bond acceptors (Lipinski definition) is 6. The normalized spacial score (nSPS) is 14.8. The van der Waals surface area contributed by atoms with Gasteiger partial charge in [0, 0.05) is 17.7 Å². The molecule has 1 amide bonds. The Labute approximate surface area is 172 Å². The first-order chi connectivity index (χ1) is 14.3. The van der Waals surface area contributed by atoms with Gasteiger partial charge >= 0.3 is 0 Å². The molecule has 2 aliphatic rings. The molecule has 0 saturated heterocycles. The molecule has 7 nitrogen and oxygen atoms in total. The van der Waals surface area contributed by atoms with Crippen LogP contribution in [0.15, 0.2) is 53.7 Å². The molecule has 1 aromatic heterocycles. The standard InChI is InChI=1S/C21H20N4O3S/c26-19(22-16-8-9-17-18(10-16)28-13-27-17)12-29-21-24-23-20(15-6-7-15)25(21)11-14-4-2-1-3-5-14/h1-5,8-10,15H,6-7,11-13H2,(H,22,26). The van der Waals surface area contributed by atoms with Gasteiger partial charge in [0.2, 0.25) is 12.7 Å². The van der Waals surface area contributed by atoms with E-state index in [0.717, 1.165) is 23.8 Å². The van der Waals surface area contributed by atoms with E-state index in [1.54, 1.807) is 18.2 Å². The Morgan fingerprint density at radius 1 is 1.10 bits per heavy atom. The minimum atomic E-state index is -0.101. The molecule has 0 bridgehead atoms. The number of benzene rings is 2. The van der Waals surface area contributed by atoms with Crippen molar-refractivity contribution in [3.8, 4) is 11.5 Å². The topological polar surface area (TPSA) is 78.3 Å². The van der Waals surface area contributed by atoms with Gasteiger partial charge in [-0.3, -0.25) is 4.79 Å². The molecule has 0 radical (unpaired) electrons. The van der Waals surface area contributed by atoms with E-state index < -0.39 is 0 Å².